The molecule has 1 aromatic carbocycles. The predicted octanol–water partition coefficient (Wildman–Crippen LogP) is 3.25. The molecule has 0 radical (unpaired) electrons. The first-order valence-corrected chi connectivity index (χ1v) is 7.59. The predicted molar refractivity (Wildman–Crippen MR) is 77.6 cm³/mol. The fraction of sp³-hybridized carbons (Fsp3) is 0.562. The van der Waals surface area contributed by atoms with Crippen LogP contribution in [0.1, 0.15) is 30.4 Å². The SMILES string of the molecule is N#Cc1ccc(N2CCN3CCCCC3C2)cc1C(F)(F)F. The number of piperazine rings is 1. The molecule has 1 unspecified atom stereocenters. The molecule has 1 atom stereocenters. The maximum Gasteiger partial charge on any atom is 0.417 e. The third-order valence-corrected chi connectivity index (χ3v) is 4.63. The highest BCUT2D eigenvalue weighted by atomic mass is 19.4. The summed E-state index contributed by atoms with van der Waals surface area (Å²) in [5, 5.41) is 8.87. The van der Waals surface area contributed by atoms with E-state index in [2.05, 4.69) is 4.90 Å². The molecule has 0 bridgehead atoms. The number of benzene rings is 1. The Kier molecular flexibility index (Phi) is 4.00. The summed E-state index contributed by atoms with van der Waals surface area (Å²) in [6, 6.07) is 6.10. The lowest BCUT2D eigenvalue weighted by Gasteiger charge is -2.45. The smallest absolute Gasteiger partial charge is 0.369 e. The second kappa shape index (κ2) is 5.81. The average molecular weight is 309 g/mol. The van der Waals surface area contributed by atoms with Gasteiger partial charge < -0.3 is 4.90 Å². The number of anilines is 1. The lowest BCUT2D eigenvalue weighted by Crippen LogP contribution is -2.54. The van der Waals surface area contributed by atoms with E-state index in [1.165, 1.54) is 18.9 Å². The Labute approximate surface area is 127 Å². The van der Waals surface area contributed by atoms with Crippen LogP contribution in [0, 0.1) is 11.3 Å². The maximum atomic E-state index is 13.1. The lowest BCUT2D eigenvalue weighted by molar-refractivity contribution is -0.137. The number of alkyl halides is 3. The summed E-state index contributed by atoms with van der Waals surface area (Å²) in [6.07, 6.45) is -0.978. The van der Waals surface area contributed by atoms with Gasteiger partial charge in [0.2, 0.25) is 0 Å². The fourth-order valence-corrected chi connectivity index (χ4v) is 3.45. The molecule has 22 heavy (non-hydrogen) atoms. The first-order valence-electron chi connectivity index (χ1n) is 7.59. The van der Waals surface area contributed by atoms with Crippen LogP contribution in [0.25, 0.3) is 0 Å². The zero-order chi connectivity index (χ0) is 15.7. The van der Waals surface area contributed by atoms with Crippen LogP contribution in [0.2, 0.25) is 0 Å². The lowest BCUT2D eigenvalue weighted by atomic mass is 9.98. The summed E-state index contributed by atoms with van der Waals surface area (Å²) in [4.78, 5) is 4.46. The van der Waals surface area contributed by atoms with E-state index in [1.54, 1.807) is 12.1 Å². The van der Waals surface area contributed by atoms with Gasteiger partial charge in [-0.2, -0.15) is 18.4 Å². The molecule has 3 rings (SSSR count). The van der Waals surface area contributed by atoms with Crippen molar-refractivity contribution in [2.45, 2.75) is 31.5 Å². The maximum absolute atomic E-state index is 13.1. The Balaban J connectivity index is 1.85. The zero-order valence-corrected chi connectivity index (χ0v) is 12.2. The molecule has 2 heterocycles. The standard InChI is InChI=1S/C16H18F3N3/c17-16(18,19)15-9-13(5-4-12(15)10-20)22-8-7-21-6-2-1-3-14(21)11-22/h4-5,9,14H,1-3,6-8,11H2. The molecule has 0 aliphatic carbocycles. The molecule has 118 valence electrons. The van der Waals surface area contributed by atoms with Crippen molar-refractivity contribution >= 4 is 5.69 Å². The van der Waals surface area contributed by atoms with E-state index in [0.29, 0.717) is 11.7 Å². The minimum atomic E-state index is -4.49. The molecule has 3 nitrogen and oxygen atoms in total. The third kappa shape index (κ3) is 2.91. The molecule has 0 amide bonds. The van der Waals surface area contributed by atoms with Gasteiger partial charge in [-0.25, -0.2) is 0 Å². The number of halogens is 3. The van der Waals surface area contributed by atoms with Gasteiger partial charge in [-0.3, -0.25) is 4.90 Å². The van der Waals surface area contributed by atoms with Gasteiger partial charge in [0.25, 0.3) is 0 Å². The largest absolute Gasteiger partial charge is 0.417 e. The number of fused-ring (bicyclic) bond motifs is 1. The molecule has 1 aromatic rings. The van der Waals surface area contributed by atoms with Crippen molar-refractivity contribution in [1.29, 1.82) is 5.26 Å². The number of nitriles is 1. The van der Waals surface area contributed by atoms with Gasteiger partial charge in [-0.1, -0.05) is 6.42 Å². The zero-order valence-electron chi connectivity index (χ0n) is 12.2. The van der Waals surface area contributed by atoms with Crippen LogP contribution in [0.15, 0.2) is 18.2 Å². The fourth-order valence-electron chi connectivity index (χ4n) is 3.45. The highest BCUT2D eigenvalue weighted by molar-refractivity contribution is 5.55. The third-order valence-electron chi connectivity index (χ3n) is 4.63. The monoisotopic (exact) mass is 309 g/mol. The molecule has 0 spiro atoms. The van der Waals surface area contributed by atoms with E-state index in [4.69, 9.17) is 5.26 Å². The Morgan fingerprint density at radius 3 is 2.68 bits per heavy atom. The molecular formula is C16H18F3N3. The molecule has 0 N–H and O–H groups in total. The van der Waals surface area contributed by atoms with E-state index >= 15 is 0 Å². The van der Waals surface area contributed by atoms with Crippen molar-refractivity contribution in [3.63, 3.8) is 0 Å². The van der Waals surface area contributed by atoms with Crippen LogP contribution in [0.3, 0.4) is 0 Å². The second-order valence-electron chi connectivity index (χ2n) is 5.97. The van der Waals surface area contributed by atoms with Crippen molar-refractivity contribution in [2.24, 2.45) is 0 Å². The average Bonchev–Trinajstić information content (AvgIpc) is 2.53. The van der Waals surface area contributed by atoms with Gasteiger partial charge >= 0.3 is 6.18 Å². The molecule has 2 fully saturated rings. The van der Waals surface area contributed by atoms with Crippen LogP contribution < -0.4 is 4.90 Å². The van der Waals surface area contributed by atoms with Crippen LogP contribution in [0.4, 0.5) is 18.9 Å². The van der Waals surface area contributed by atoms with E-state index in [1.807, 2.05) is 4.90 Å². The van der Waals surface area contributed by atoms with E-state index in [0.717, 1.165) is 38.7 Å². The number of hydrogen-bond acceptors (Lipinski definition) is 3. The van der Waals surface area contributed by atoms with Crippen LogP contribution in [0.5, 0.6) is 0 Å². The number of hydrogen-bond donors (Lipinski definition) is 0. The highest BCUT2D eigenvalue weighted by Crippen LogP contribution is 2.35. The topological polar surface area (TPSA) is 30.3 Å². The van der Waals surface area contributed by atoms with Crippen LogP contribution in [-0.4, -0.2) is 37.1 Å². The Morgan fingerprint density at radius 1 is 1.14 bits per heavy atom. The summed E-state index contributed by atoms with van der Waals surface area (Å²) >= 11 is 0. The molecule has 0 saturated carbocycles. The Bertz CT molecular complexity index is 591. The Hall–Kier alpha value is -1.74. The number of piperidine rings is 1. The van der Waals surface area contributed by atoms with Crippen molar-refractivity contribution in [2.75, 3.05) is 31.1 Å². The van der Waals surface area contributed by atoms with Crippen molar-refractivity contribution in [3.05, 3.63) is 29.3 Å². The van der Waals surface area contributed by atoms with Gasteiger partial charge in [0.15, 0.2) is 0 Å². The minimum absolute atomic E-state index is 0.312. The first kappa shape index (κ1) is 15.2. The molecule has 2 aliphatic heterocycles. The van der Waals surface area contributed by atoms with E-state index in [9.17, 15) is 13.2 Å². The van der Waals surface area contributed by atoms with Gasteiger partial charge in [0.05, 0.1) is 17.2 Å². The summed E-state index contributed by atoms with van der Waals surface area (Å²) < 4.78 is 39.2. The van der Waals surface area contributed by atoms with E-state index < -0.39 is 11.7 Å². The molecule has 2 aliphatic rings. The summed E-state index contributed by atoms with van der Waals surface area (Å²) in [5.74, 6) is 0. The second-order valence-corrected chi connectivity index (χ2v) is 5.97. The summed E-state index contributed by atoms with van der Waals surface area (Å²) in [6.45, 7) is 3.49. The molecule has 6 heteroatoms. The summed E-state index contributed by atoms with van der Waals surface area (Å²) in [5.41, 5.74) is -0.581. The van der Waals surface area contributed by atoms with Crippen molar-refractivity contribution in [3.8, 4) is 6.07 Å². The molecule has 2 saturated heterocycles. The minimum Gasteiger partial charge on any atom is -0.369 e. The van der Waals surface area contributed by atoms with Gasteiger partial charge in [0, 0.05) is 31.4 Å². The van der Waals surface area contributed by atoms with E-state index in [-0.39, 0.29) is 5.56 Å². The molecule has 0 aromatic heterocycles. The van der Waals surface area contributed by atoms with Crippen molar-refractivity contribution in [1.82, 2.24) is 4.90 Å². The van der Waals surface area contributed by atoms with Crippen LogP contribution >= 0.6 is 0 Å². The molecular weight excluding hydrogens is 291 g/mol. The van der Waals surface area contributed by atoms with Crippen LogP contribution in [-0.2, 0) is 6.18 Å². The Morgan fingerprint density at radius 2 is 1.95 bits per heavy atom. The quantitative estimate of drug-likeness (QED) is 0.798. The van der Waals surface area contributed by atoms with Gasteiger partial charge in [-0.05, 0) is 37.6 Å². The number of nitrogens with zero attached hydrogens (tertiary/aromatic N) is 3. The summed E-state index contributed by atoms with van der Waals surface area (Å²) in [7, 11) is 0. The normalized spacial score (nSPS) is 23.0. The van der Waals surface area contributed by atoms with Crippen molar-refractivity contribution < 1.29 is 13.2 Å². The number of rotatable bonds is 1. The van der Waals surface area contributed by atoms with Gasteiger partial charge in [-0.15, -0.1) is 0 Å². The highest BCUT2D eigenvalue weighted by Gasteiger charge is 2.35. The van der Waals surface area contributed by atoms with Gasteiger partial charge in [0.1, 0.15) is 0 Å². The first-order chi connectivity index (χ1) is 10.5.